The van der Waals surface area contributed by atoms with Crippen LogP contribution in [0.1, 0.15) is 36.9 Å². The van der Waals surface area contributed by atoms with Crippen molar-refractivity contribution in [3.8, 4) is 5.88 Å². The number of aliphatic hydroxyl groups excluding tert-OH is 1. The molecule has 0 aliphatic carbocycles. The molecule has 0 saturated carbocycles. The van der Waals surface area contributed by atoms with E-state index in [9.17, 15) is 19.5 Å². The number of carbonyl (C=O) groups is 3. The monoisotopic (exact) mass is 636 g/mol. The summed E-state index contributed by atoms with van der Waals surface area (Å²) in [7, 11) is 0. The van der Waals surface area contributed by atoms with Crippen molar-refractivity contribution in [2.24, 2.45) is 5.92 Å². The topological polar surface area (TPSA) is 158 Å². The highest BCUT2D eigenvalue weighted by Gasteiger charge is 2.40. The predicted octanol–water partition coefficient (Wildman–Crippen LogP) is 5.26. The summed E-state index contributed by atoms with van der Waals surface area (Å²) in [5.41, 5.74) is 1.78. The highest BCUT2D eigenvalue weighted by atomic mass is 16.6. The molecule has 3 heterocycles. The molecule has 1 fully saturated rings. The number of rotatable bonds is 9. The van der Waals surface area contributed by atoms with E-state index in [1.165, 1.54) is 11.2 Å². The number of aliphatic hydroxyl groups is 1. The van der Waals surface area contributed by atoms with E-state index in [2.05, 4.69) is 20.3 Å². The Morgan fingerprint density at radius 2 is 1.57 bits per heavy atom. The van der Waals surface area contributed by atoms with Crippen LogP contribution >= 0.6 is 0 Å². The summed E-state index contributed by atoms with van der Waals surface area (Å²) < 4.78 is 19.2. The number of ether oxygens (including phenoxy) is 3. The van der Waals surface area contributed by atoms with Gasteiger partial charge in [0, 0.05) is 12.3 Å². The van der Waals surface area contributed by atoms with Crippen molar-refractivity contribution in [3.63, 3.8) is 0 Å². The normalized spacial score (nSPS) is 17.4. The summed E-state index contributed by atoms with van der Waals surface area (Å²) in [4.78, 5) is 54.0. The smallest absolute Gasteiger partial charge is 0.425 e. The standard InChI is InChI=1S/C34H32N6O7/c1-21(2)30(42)37-33-36-29-28(31(38-33)47-34(44)40(23-14-8-4-9-15-23)24-16-10-5-11-17-24)35-20-39(29)27-18-25(26(19-41)45-27)46-32(43)22-12-6-3-7-13-22/h3-17,20-21,25-27,41H,18-19H2,1-2H3,(H,36,37,38,42)/t25-,26-,27+/m1/s1. The van der Waals surface area contributed by atoms with Crippen molar-refractivity contribution < 1.29 is 33.7 Å². The molecule has 2 aromatic heterocycles. The quantitative estimate of drug-likeness (QED) is 0.204. The molecule has 2 amide bonds. The molecule has 0 unspecified atom stereocenters. The summed E-state index contributed by atoms with van der Waals surface area (Å²) in [6, 6.07) is 26.5. The first-order valence-corrected chi connectivity index (χ1v) is 15.0. The lowest BCUT2D eigenvalue weighted by molar-refractivity contribution is -0.118. The Morgan fingerprint density at radius 3 is 2.17 bits per heavy atom. The summed E-state index contributed by atoms with van der Waals surface area (Å²) in [5, 5.41) is 12.7. The van der Waals surface area contributed by atoms with E-state index < -0.39 is 37.1 Å². The zero-order valence-electron chi connectivity index (χ0n) is 25.6. The average molecular weight is 637 g/mol. The minimum absolute atomic E-state index is 0.115. The number of carbonyl (C=O) groups excluding carboxylic acids is 3. The second-order valence-corrected chi connectivity index (χ2v) is 11.1. The minimum atomic E-state index is -0.824. The van der Waals surface area contributed by atoms with Crippen LogP contribution < -0.4 is 15.0 Å². The largest absolute Gasteiger partial charge is 0.456 e. The Hall–Kier alpha value is -5.66. The van der Waals surface area contributed by atoms with Crippen LogP contribution in [0, 0.1) is 5.92 Å². The summed E-state index contributed by atoms with van der Waals surface area (Å²) >= 11 is 0. The summed E-state index contributed by atoms with van der Waals surface area (Å²) in [6.45, 7) is 3.03. The van der Waals surface area contributed by atoms with Gasteiger partial charge in [-0.15, -0.1) is 0 Å². The lowest BCUT2D eigenvalue weighted by atomic mass is 10.1. The second-order valence-electron chi connectivity index (χ2n) is 11.1. The van der Waals surface area contributed by atoms with Crippen LogP contribution in [0.25, 0.3) is 11.2 Å². The molecule has 0 bridgehead atoms. The number of hydrogen-bond acceptors (Lipinski definition) is 10. The molecule has 2 N–H and O–H groups in total. The van der Waals surface area contributed by atoms with Crippen molar-refractivity contribution in [1.29, 1.82) is 0 Å². The van der Waals surface area contributed by atoms with Crippen LogP contribution in [0.4, 0.5) is 22.1 Å². The van der Waals surface area contributed by atoms with Crippen molar-refractivity contribution in [2.45, 2.75) is 38.7 Å². The average Bonchev–Trinajstić information content (AvgIpc) is 3.70. The number of fused-ring (bicyclic) bond motifs is 1. The third-order valence-electron chi connectivity index (χ3n) is 7.48. The van der Waals surface area contributed by atoms with Crippen molar-refractivity contribution >= 4 is 46.5 Å². The van der Waals surface area contributed by atoms with Gasteiger partial charge in [-0.2, -0.15) is 9.97 Å². The molecule has 1 saturated heterocycles. The van der Waals surface area contributed by atoms with Gasteiger partial charge in [0.25, 0.3) is 5.88 Å². The van der Waals surface area contributed by atoms with Gasteiger partial charge in [-0.1, -0.05) is 68.4 Å². The predicted molar refractivity (Wildman–Crippen MR) is 171 cm³/mol. The van der Waals surface area contributed by atoms with Crippen molar-refractivity contribution in [2.75, 3.05) is 16.8 Å². The van der Waals surface area contributed by atoms with Gasteiger partial charge in [-0.05, 0) is 36.4 Å². The van der Waals surface area contributed by atoms with E-state index in [1.54, 1.807) is 97.3 Å². The maximum atomic E-state index is 13.8. The maximum absolute atomic E-state index is 13.8. The fraction of sp³-hybridized carbons (Fsp3) is 0.235. The molecule has 13 nitrogen and oxygen atoms in total. The second kappa shape index (κ2) is 13.8. The Bertz CT molecular complexity index is 1830. The van der Waals surface area contributed by atoms with E-state index >= 15 is 0 Å². The van der Waals surface area contributed by atoms with Gasteiger partial charge in [-0.3, -0.25) is 14.7 Å². The third-order valence-corrected chi connectivity index (χ3v) is 7.48. The van der Waals surface area contributed by atoms with E-state index in [0.29, 0.717) is 16.9 Å². The molecule has 1 aliphatic heterocycles. The van der Waals surface area contributed by atoms with Crippen LogP contribution in [-0.2, 0) is 14.3 Å². The fourth-order valence-electron chi connectivity index (χ4n) is 5.06. The Morgan fingerprint density at radius 1 is 0.957 bits per heavy atom. The number of esters is 1. The van der Waals surface area contributed by atoms with Crippen LogP contribution in [0.2, 0.25) is 0 Å². The van der Waals surface area contributed by atoms with Crippen LogP contribution in [0.15, 0.2) is 97.3 Å². The number of amides is 2. The van der Waals surface area contributed by atoms with Gasteiger partial charge in [-0.25, -0.2) is 19.5 Å². The molecule has 0 radical (unpaired) electrons. The number of aromatic nitrogens is 4. The zero-order chi connectivity index (χ0) is 32.9. The van der Waals surface area contributed by atoms with Crippen molar-refractivity contribution in [3.05, 3.63) is 103 Å². The summed E-state index contributed by atoms with van der Waals surface area (Å²) in [6.07, 6.45) is -1.56. The Labute approximate surface area is 269 Å². The van der Waals surface area contributed by atoms with E-state index in [4.69, 9.17) is 14.2 Å². The van der Waals surface area contributed by atoms with E-state index in [0.717, 1.165) is 0 Å². The molecule has 5 aromatic rings. The van der Waals surface area contributed by atoms with Gasteiger partial charge in [0.1, 0.15) is 18.4 Å². The molecular weight excluding hydrogens is 604 g/mol. The number of imidazole rings is 1. The van der Waals surface area contributed by atoms with Crippen molar-refractivity contribution in [1.82, 2.24) is 19.5 Å². The molecular formula is C34H32N6O7. The van der Waals surface area contributed by atoms with Crippen LogP contribution in [0.3, 0.4) is 0 Å². The SMILES string of the molecule is CC(C)C(=O)Nc1nc(OC(=O)N(c2ccccc2)c2ccccc2)c2ncn([C@@H]3C[C@@H](OC(=O)c4ccccc4)[C@@H](CO)O3)c2n1. The number of para-hydroxylation sites is 2. The highest BCUT2D eigenvalue weighted by molar-refractivity contribution is 5.98. The molecule has 6 rings (SSSR count). The number of hydrogen-bond donors (Lipinski definition) is 2. The van der Waals surface area contributed by atoms with Gasteiger partial charge in [0.15, 0.2) is 11.2 Å². The number of nitrogens with one attached hydrogen (secondary N) is 1. The minimum Gasteiger partial charge on any atom is -0.456 e. The first-order chi connectivity index (χ1) is 22.8. The lowest BCUT2D eigenvalue weighted by Crippen LogP contribution is -2.30. The lowest BCUT2D eigenvalue weighted by Gasteiger charge is -2.22. The highest BCUT2D eigenvalue weighted by Crippen LogP contribution is 2.35. The fourth-order valence-corrected chi connectivity index (χ4v) is 5.06. The Balaban J connectivity index is 1.34. The molecule has 240 valence electrons. The Kier molecular flexibility index (Phi) is 9.18. The van der Waals surface area contributed by atoms with Gasteiger partial charge >= 0.3 is 12.1 Å². The number of benzene rings is 3. The van der Waals surface area contributed by atoms with E-state index in [-0.39, 0.29) is 41.2 Å². The van der Waals surface area contributed by atoms with Gasteiger partial charge < -0.3 is 19.3 Å². The number of nitrogens with zero attached hydrogens (tertiary/aromatic N) is 5. The van der Waals surface area contributed by atoms with Crippen LogP contribution in [-0.4, -0.2) is 61.4 Å². The number of anilines is 3. The zero-order valence-corrected chi connectivity index (χ0v) is 25.6. The maximum Gasteiger partial charge on any atom is 0.425 e. The molecule has 0 spiro atoms. The molecule has 1 aliphatic rings. The molecule has 13 heteroatoms. The van der Waals surface area contributed by atoms with E-state index in [1.807, 2.05) is 12.1 Å². The molecule has 3 aromatic carbocycles. The molecule has 3 atom stereocenters. The first-order valence-electron chi connectivity index (χ1n) is 15.0. The molecule has 47 heavy (non-hydrogen) atoms. The van der Waals surface area contributed by atoms with Crippen LogP contribution in [0.5, 0.6) is 5.88 Å². The first kappa shape index (κ1) is 31.3. The summed E-state index contributed by atoms with van der Waals surface area (Å²) in [5.74, 6) is -1.60. The third kappa shape index (κ3) is 6.81. The van der Waals surface area contributed by atoms with Gasteiger partial charge in [0.2, 0.25) is 11.9 Å². The van der Waals surface area contributed by atoms with Gasteiger partial charge in [0.05, 0.1) is 29.9 Å².